The third-order valence-corrected chi connectivity index (χ3v) is 1.52. The third-order valence-electron chi connectivity index (χ3n) is 1.52. The number of rotatable bonds is 3. The van der Waals surface area contributed by atoms with Crippen LogP contribution in [-0.4, -0.2) is 28.5 Å². The first-order valence-electron chi connectivity index (χ1n) is 3.46. The first-order valence-corrected chi connectivity index (χ1v) is 3.46. The summed E-state index contributed by atoms with van der Waals surface area (Å²) >= 11 is 0. The Morgan fingerprint density at radius 3 is 2.82 bits per heavy atom. The predicted octanol–water partition coefficient (Wildman–Crippen LogP) is 0.478. The zero-order chi connectivity index (χ0) is 8.27. The number of methoxy groups -OCH3 is 1. The van der Waals surface area contributed by atoms with Crippen molar-refractivity contribution in [2.45, 2.75) is 19.1 Å². The van der Waals surface area contributed by atoms with Gasteiger partial charge in [0.25, 0.3) is 0 Å². The van der Waals surface area contributed by atoms with Crippen molar-refractivity contribution in [2.24, 2.45) is 0 Å². The number of nitrogens with zero attached hydrogens (tertiary/aromatic N) is 1. The number of H-pyrrole nitrogens is 1. The fraction of sp³-hybridized carbons (Fsp3) is 0.571. The van der Waals surface area contributed by atoms with E-state index in [1.807, 2.05) is 0 Å². The van der Waals surface area contributed by atoms with Gasteiger partial charge in [-0.2, -0.15) is 5.10 Å². The van der Waals surface area contributed by atoms with E-state index in [1.54, 1.807) is 26.3 Å². The van der Waals surface area contributed by atoms with Gasteiger partial charge in [0, 0.05) is 13.3 Å². The van der Waals surface area contributed by atoms with Crippen LogP contribution >= 0.6 is 0 Å². The first kappa shape index (κ1) is 8.23. The summed E-state index contributed by atoms with van der Waals surface area (Å²) in [6.07, 6.45) is 0.793. The van der Waals surface area contributed by atoms with Crippen molar-refractivity contribution in [2.75, 3.05) is 7.11 Å². The number of aromatic nitrogens is 2. The molecule has 62 valence electrons. The van der Waals surface area contributed by atoms with Crippen LogP contribution in [0.2, 0.25) is 0 Å². The lowest BCUT2D eigenvalue weighted by Gasteiger charge is -2.15. The molecule has 4 heteroatoms. The minimum absolute atomic E-state index is 0.308. The summed E-state index contributed by atoms with van der Waals surface area (Å²) in [5, 5.41) is 15.7. The smallest absolute Gasteiger partial charge is 0.124 e. The number of aliphatic hydroxyl groups excluding tert-OH is 1. The Labute approximate surface area is 65.2 Å². The molecular formula is C7H12N2O2. The quantitative estimate of drug-likeness (QED) is 0.669. The molecule has 2 atom stereocenters. The van der Waals surface area contributed by atoms with Crippen LogP contribution in [-0.2, 0) is 4.74 Å². The Morgan fingerprint density at radius 2 is 2.45 bits per heavy atom. The van der Waals surface area contributed by atoms with Gasteiger partial charge in [-0.05, 0) is 13.0 Å². The van der Waals surface area contributed by atoms with Gasteiger partial charge in [-0.1, -0.05) is 0 Å². The molecule has 0 saturated heterocycles. The van der Waals surface area contributed by atoms with Crippen molar-refractivity contribution in [3.05, 3.63) is 18.0 Å². The standard InChI is InChI=1S/C7H12N2O2/c1-5(10)7(11-2)6-3-4-8-9-6/h3-5,7,10H,1-2H3,(H,8,9). The molecule has 0 saturated carbocycles. The normalized spacial score (nSPS) is 16.3. The molecule has 0 aliphatic carbocycles. The zero-order valence-electron chi connectivity index (χ0n) is 6.61. The summed E-state index contributed by atoms with van der Waals surface area (Å²) < 4.78 is 5.03. The lowest BCUT2D eigenvalue weighted by Crippen LogP contribution is -2.16. The second-order valence-electron chi connectivity index (χ2n) is 2.41. The largest absolute Gasteiger partial charge is 0.390 e. The van der Waals surface area contributed by atoms with Crippen LogP contribution < -0.4 is 0 Å². The van der Waals surface area contributed by atoms with Crippen molar-refractivity contribution in [3.8, 4) is 0 Å². The molecule has 1 heterocycles. The molecule has 1 aromatic heterocycles. The van der Waals surface area contributed by atoms with E-state index in [-0.39, 0.29) is 6.10 Å². The summed E-state index contributed by atoms with van der Waals surface area (Å²) in [6, 6.07) is 1.78. The summed E-state index contributed by atoms with van der Waals surface area (Å²) in [7, 11) is 1.55. The molecule has 0 spiro atoms. The molecule has 1 aromatic rings. The van der Waals surface area contributed by atoms with E-state index < -0.39 is 6.10 Å². The average Bonchev–Trinajstić information content (AvgIpc) is 2.40. The Bertz CT molecular complexity index is 196. The van der Waals surface area contributed by atoms with Crippen molar-refractivity contribution in [1.82, 2.24) is 10.2 Å². The van der Waals surface area contributed by atoms with E-state index >= 15 is 0 Å². The molecule has 0 fully saturated rings. The van der Waals surface area contributed by atoms with Crippen molar-refractivity contribution < 1.29 is 9.84 Å². The van der Waals surface area contributed by atoms with Crippen LogP contribution in [0.1, 0.15) is 18.7 Å². The lowest BCUT2D eigenvalue weighted by molar-refractivity contribution is -0.00602. The summed E-state index contributed by atoms with van der Waals surface area (Å²) in [5.41, 5.74) is 0.794. The van der Waals surface area contributed by atoms with Crippen molar-refractivity contribution >= 4 is 0 Å². The Morgan fingerprint density at radius 1 is 1.73 bits per heavy atom. The molecule has 4 nitrogen and oxygen atoms in total. The monoisotopic (exact) mass is 156 g/mol. The zero-order valence-corrected chi connectivity index (χ0v) is 6.61. The lowest BCUT2D eigenvalue weighted by atomic mass is 10.2. The van der Waals surface area contributed by atoms with Crippen LogP contribution in [0.25, 0.3) is 0 Å². The van der Waals surface area contributed by atoms with E-state index in [4.69, 9.17) is 4.74 Å². The van der Waals surface area contributed by atoms with E-state index in [0.29, 0.717) is 0 Å². The first-order chi connectivity index (χ1) is 5.25. The van der Waals surface area contributed by atoms with Gasteiger partial charge in [0.15, 0.2) is 0 Å². The molecule has 2 unspecified atom stereocenters. The van der Waals surface area contributed by atoms with Crippen LogP contribution in [0.5, 0.6) is 0 Å². The fourth-order valence-corrected chi connectivity index (χ4v) is 1.01. The number of aliphatic hydroxyl groups is 1. The van der Waals surface area contributed by atoms with E-state index in [0.717, 1.165) is 5.69 Å². The number of ether oxygens (including phenoxy) is 1. The van der Waals surface area contributed by atoms with Gasteiger partial charge in [-0.3, -0.25) is 5.10 Å². The minimum atomic E-state index is -0.527. The van der Waals surface area contributed by atoms with Crippen molar-refractivity contribution in [1.29, 1.82) is 0 Å². The molecule has 0 aromatic carbocycles. The summed E-state index contributed by atoms with van der Waals surface area (Å²) in [4.78, 5) is 0. The maximum absolute atomic E-state index is 9.21. The molecule has 0 bridgehead atoms. The molecule has 2 N–H and O–H groups in total. The second kappa shape index (κ2) is 3.50. The highest BCUT2D eigenvalue weighted by molar-refractivity contribution is 5.03. The maximum atomic E-state index is 9.21. The average molecular weight is 156 g/mol. The van der Waals surface area contributed by atoms with Crippen LogP contribution in [0, 0.1) is 0 Å². The van der Waals surface area contributed by atoms with Gasteiger partial charge in [0.2, 0.25) is 0 Å². The Hall–Kier alpha value is -0.870. The Balaban J connectivity index is 2.71. The van der Waals surface area contributed by atoms with Gasteiger partial charge < -0.3 is 9.84 Å². The summed E-state index contributed by atoms with van der Waals surface area (Å²) in [6.45, 7) is 1.68. The second-order valence-corrected chi connectivity index (χ2v) is 2.41. The highest BCUT2D eigenvalue weighted by atomic mass is 16.5. The number of hydrogen-bond donors (Lipinski definition) is 2. The number of aromatic amines is 1. The predicted molar refractivity (Wildman–Crippen MR) is 40.0 cm³/mol. The van der Waals surface area contributed by atoms with Gasteiger partial charge in [0.1, 0.15) is 6.10 Å². The molecule has 11 heavy (non-hydrogen) atoms. The third kappa shape index (κ3) is 1.78. The van der Waals surface area contributed by atoms with E-state index in [9.17, 15) is 5.11 Å². The topological polar surface area (TPSA) is 58.1 Å². The van der Waals surface area contributed by atoms with Gasteiger partial charge >= 0.3 is 0 Å². The SMILES string of the molecule is COC(c1ccn[nH]1)C(C)O. The van der Waals surface area contributed by atoms with Crippen molar-refractivity contribution in [3.63, 3.8) is 0 Å². The summed E-state index contributed by atoms with van der Waals surface area (Å²) in [5.74, 6) is 0. The van der Waals surface area contributed by atoms with Gasteiger partial charge in [0.05, 0.1) is 11.8 Å². The molecule has 1 rings (SSSR count). The maximum Gasteiger partial charge on any atom is 0.124 e. The van der Waals surface area contributed by atoms with Crippen LogP contribution in [0.3, 0.4) is 0 Å². The highest BCUT2D eigenvalue weighted by Gasteiger charge is 2.16. The van der Waals surface area contributed by atoms with E-state index in [1.165, 1.54) is 0 Å². The van der Waals surface area contributed by atoms with E-state index in [2.05, 4.69) is 10.2 Å². The van der Waals surface area contributed by atoms with Crippen LogP contribution in [0.15, 0.2) is 12.3 Å². The number of nitrogens with one attached hydrogen (secondary N) is 1. The fourth-order valence-electron chi connectivity index (χ4n) is 1.01. The molecule has 0 aliphatic rings. The minimum Gasteiger partial charge on any atom is -0.390 e. The molecular weight excluding hydrogens is 144 g/mol. The highest BCUT2D eigenvalue weighted by Crippen LogP contribution is 2.16. The van der Waals surface area contributed by atoms with Gasteiger partial charge in [-0.15, -0.1) is 0 Å². The molecule has 0 amide bonds. The number of hydrogen-bond acceptors (Lipinski definition) is 3. The molecule has 0 radical (unpaired) electrons. The van der Waals surface area contributed by atoms with Gasteiger partial charge in [-0.25, -0.2) is 0 Å². The molecule has 0 aliphatic heterocycles. The van der Waals surface area contributed by atoms with Crippen LogP contribution in [0.4, 0.5) is 0 Å². The Kier molecular flexibility index (Phi) is 2.62.